The van der Waals surface area contributed by atoms with Crippen molar-refractivity contribution in [3.05, 3.63) is 77.6 Å². The fraction of sp³-hybridized carbons (Fsp3) is 0.375. The maximum atomic E-state index is 5.93. The Hall–Kier alpha value is -3.35. The first-order chi connectivity index (χ1) is 15.0. The summed E-state index contributed by atoms with van der Waals surface area (Å²) in [4.78, 5) is 13.4. The maximum absolute atomic E-state index is 5.93. The Kier molecular flexibility index (Phi) is 7.65. The number of pyridine rings is 1. The lowest BCUT2D eigenvalue weighted by atomic mass is 9.94. The molecule has 0 saturated heterocycles. The smallest absolute Gasteiger partial charge is 0.218 e. The second kappa shape index (κ2) is 10.6. The van der Waals surface area contributed by atoms with E-state index in [0.717, 1.165) is 23.4 Å². The van der Waals surface area contributed by atoms with Gasteiger partial charge in [-0.2, -0.15) is 0 Å². The van der Waals surface area contributed by atoms with Gasteiger partial charge in [0.1, 0.15) is 12.4 Å². The summed E-state index contributed by atoms with van der Waals surface area (Å²) in [6, 6.07) is 13.9. The summed E-state index contributed by atoms with van der Waals surface area (Å²) in [6.45, 7) is 10.4. The fourth-order valence-corrected chi connectivity index (χ4v) is 2.80. The maximum Gasteiger partial charge on any atom is 0.218 e. The number of aromatic nitrogens is 2. The Balaban J connectivity index is 1.63. The molecule has 1 aromatic carbocycles. The number of nitrogens with one attached hydrogen (secondary N) is 2. The van der Waals surface area contributed by atoms with Crippen LogP contribution in [0.2, 0.25) is 0 Å². The van der Waals surface area contributed by atoms with Crippen LogP contribution in [0.5, 0.6) is 5.88 Å². The van der Waals surface area contributed by atoms with Gasteiger partial charge in [0.05, 0.1) is 19.3 Å². The number of hydrogen-bond acceptors (Lipinski definition) is 5. The molecule has 3 aromatic rings. The zero-order valence-corrected chi connectivity index (χ0v) is 18.7. The van der Waals surface area contributed by atoms with Gasteiger partial charge >= 0.3 is 0 Å². The summed E-state index contributed by atoms with van der Waals surface area (Å²) in [7, 11) is 0. The van der Waals surface area contributed by atoms with Crippen LogP contribution in [0, 0.1) is 0 Å². The molecule has 0 amide bonds. The Morgan fingerprint density at radius 3 is 2.58 bits per heavy atom. The van der Waals surface area contributed by atoms with Gasteiger partial charge in [-0.25, -0.2) is 15.0 Å². The van der Waals surface area contributed by atoms with Gasteiger partial charge in [0.15, 0.2) is 5.96 Å². The molecule has 164 valence electrons. The number of oxazole rings is 1. The highest BCUT2D eigenvalue weighted by atomic mass is 16.5. The lowest BCUT2D eigenvalue weighted by Crippen LogP contribution is -2.36. The first-order valence-electron chi connectivity index (χ1n) is 10.5. The minimum Gasteiger partial charge on any atom is -0.473 e. The quantitative estimate of drug-likeness (QED) is 0.419. The molecule has 0 bridgehead atoms. The van der Waals surface area contributed by atoms with E-state index in [1.807, 2.05) is 49.4 Å². The second-order valence-electron chi connectivity index (χ2n) is 8.16. The third kappa shape index (κ3) is 6.84. The number of ether oxygens (including phenoxy) is 1. The van der Waals surface area contributed by atoms with Crippen LogP contribution < -0.4 is 15.4 Å². The Morgan fingerprint density at radius 2 is 1.87 bits per heavy atom. The molecule has 2 heterocycles. The summed E-state index contributed by atoms with van der Waals surface area (Å²) in [6.07, 6.45) is 3.51. The molecule has 0 radical (unpaired) electrons. The van der Waals surface area contributed by atoms with Crippen LogP contribution in [0.1, 0.15) is 50.5 Å². The summed E-state index contributed by atoms with van der Waals surface area (Å²) in [5.41, 5.74) is 1.94. The molecule has 2 N–H and O–H groups in total. The summed E-state index contributed by atoms with van der Waals surface area (Å²) >= 11 is 0. The van der Waals surface area contributed by atoms with Crippen LogP contribution >= 0.6 is 0 Å². The SMILES string of the molecule is CCNC(=NCc1cccnc1OCc1ccccc1)NCc1ncc(C(C)(C)C)o1. The third-order valence-electron chi connectivity index (χ3n) is 4.52. The minimum atomic E-state index is -0.0691. The van der Waals surface area contributed by atoms with E-state index in [1.165, 1.54) is 0 Å². The van der Waals surface area contributed by atoms with E-state index in [-0.39, 0.29) is 5.41 Å². The molecule has 0 atom stereocenters. The van der Waals surface area contributed by atoms with Gasteiger partial charge in [-0.3, -0.25) is 0 Å². The number of aliphatic imine (C=N–C) groups is 1. The van der Waals surface area contributed by atoms with Crippen LogP contribution in [-0.4, -0.2) is 22.5 Å². The fourth-order valence-electron chi connectivity index (χ4n) is 2.80. The van der Waals surface area contributed by atoms with E-state index in [1.54, 1.807) is 12.4 Å². The largest absolute Gasteiger partial charge is 0.473 e. The first kappa shape index (κ1) is 22.3. The lowest BCUT2D eigenvalue weighted by molar-refractivity contribution is 0.290. The number of guanidine groups is 1. The highest BCUT2D eigenvalue weighted by Crippen LogP contribution is 2.22. The monoisotopic (exact) mass is 421 g/mol. The predicted octanol–water partition coefficient (Wildman–Crippen LogP) is 4.20. The Labute approximate surface area is 184 Å². The lowest BCUT2D eigenvalue weighted by Gasteiger charge is -2.13. The molecular weight excluding hydrogens is 390 g/mol. The van der Waals surface area contributed by atoms with Gasteiger partial charge in [0.25, 0.3) is 0 Å². The average Bonchev–Trinajstić information content (AvgIpc) is 3.25. The van der Waals surface area contributed by atoms with E-state index in [4.69, 9.17) is 9.15 Å². The molecule has 0 aliphatic carbocycles. The molecule has 0 aliphatic heterocycles. The van der Waals surface area contributed by atoms with E-state index < -0.39 is 0 Å². The van der Waals surface area contributed by atoms with Crippen LogP contribution in [0.15, 0.2) is 64.3 Å². The van der Waals surface area contributed by atoms with Crippen molar-refractivity contribution in [3.8, 4) is 5.88 Å². The van der Waals surface area contributed by atoms with Crippen LogP contribution in [0.3, 0.4) is 0 Å². The second-order valence-corrected chi connectivity index (χ2v) is 8.16. The van der Waals surface area contributed by atoms with Crippen molar-refractivity contribution in [1.29, 1.82) is 0 Å². The van der Waals surface area contributed by atoms with Gasteiger partial charge in [-0.1, -0.05) is 57.2 Å². The highest BCUT2D eigenvalue weighted by molar-refractivity contribution is 5.79. The predicted molar refractivity (Wildman–Crippen MR) is 122 cm³/mol. The van der Waals surface area contributed by atoms with E-state index in [2.05, 4.69) is 46.4 Å². The molecule has 31 heavy (non-hydrogen) atoms. The van der Waals surface area contributed by atoms with E-state index in [0.29, 0.717) is 37.4 Å². The minimum absolute atomic E-state index is 0.0691. The van der Waals surface area contributed by atoms with Crippen molar-refractivity contribution in [2.75, 3.05) is 6.54 Å². The van der Waals surface area contributed by atoms with Crippen molar-refractivity contribution in [2.45, 2.75) is 52.8 Å². The number of rotatable bonds is 8. The topological polar surface area (TPSA) is 84.6 Å². The van der Waals surface area contributed by atoms with E-state index >= 15 is 0 Å². The normalized spacial score (nSPS) is 11.9. The molecule has 3 rings (SSSR count). The van der Waals surface area contributed by atoms with Crippen molar-refractivity contribution in [1.82, 2.24) is 20.6 Å². The van der Waals surface area contributed by atoms with Crippen LogP contribution in [0.4, 0.5) is 0 Å². The number of nitrogens with zero attached hydrogens (tertiary/aromatic N) is 3. The summed E-state index contributed by atoms with van der Waals surface area (Å²) in [5, 5.41) is 6.52. The Bertz CT molecular complexity index is 977. The van der Waals surface area contributed by atoms with Crippen molar-refractivity contribution in [3.63, 3.8) is 0 Å². The molecule has 2 aromatic heterocycles. The van der Waals surface area contributed by atoms with Crippen molar-refractivity contribution < 1.29 is 9.15 Å². The zero-order chi connectivity index (χ0) is 22.1. The van der Waals surface area contributed by atoms with Crippen molar-refractivity contribution >= 4 is 5.96 Å². The van der Waals surface area contributed by atoms with E-state index in [9.17, 15) is 0 Å². The molecule has 7 nitrogen and oxygen atoms in total. The standard InChI is InChI=1S/C24H31N5O2/c1-5-25-23(29-16-21-27-15-20(31-21)24(2,3)4)28-14-19-12-9-13-26-22(19)30-17-18-10-7-6-8-11-18/h6-13,15H,5,14,16-17H2,1-4H3,(H2,25,28,29). The summed E-state index contributed by atoms with van der Waals surface area (Å²) in [5.74, 6) is 2.76. The van der Waals surface area contributed by atoms with Crippen molar-refractivity contribution in [2.24, 2.45) is 4.99 Å². The van der Waals surface area contributed by atoms with Crippen LogP contribution in [0.25, 0.3) is 0 Å². The van der Waals surface area contributed by atoms with Gasteiger partial charge in [-0.15, -0.1) is 0 Å². The molecular formula is C24H31N5O2. The average molecular weight is 422 g/mol. The number of hydrogen-bond donors (Lipinski definition) is 2. The highest BCUT2D eigenvalue weighted by Gasteiger charge is 2.19. The van der Waals surface area contributed by atoms with Gasteiger partial charge in [0, 0.05) is 23.7 Å². The molecule has 0 saturated carbocycles. The third-order valence-corrected chi connectivity index (χ3v) is 4.52. The first-order valence-corrected chi connectivity index (χ1v) is 10.5. The summed E-state index contributed by atoms with van der Waals surface area (Å²) < 4.78 is 11.8. The molecule has 0 aliphatic rings. The molecule has 0 spiro atoms. The zero-order valence-electron chi connectivity index (χ0n) is 18.7. The van der Waals surface area contributed by atoms with Gasteiger partial charge < -0.3 is 19.8 Å². The molecule has 0 unspecified atom stereocenters. The van der Waals surface area contributed by atoms with Gasteiger partial charge in [-0.05, 0) is 18.6 Å². The molecule has 7 heteroatoms. The Morgan fingerprint density at radius 1 is 1.06 bits per heavy atom. The van der Waals surface area contributed by atoms with Gasteiger partial charge in [0.2, 0.25) is 11.8 Å². The number of benzene rings is 1. The molecule has 0 fully saturated rings. The van der Waals surface area contributed by atoms with Crippen LogP contribution in [-0.2, 0) is 25.1 Å².